The molecule has 108 valence electrons. The predicted molar refractivity (Wildman–Crippen MR) is 93.6 cm³/mol. The van der Waals surface area contributed by atoms with Gasteiger partial charge in [-0.1, -0.05) is 79.7 Å². The second kappa shape index (κ2) is 6.86. The Bertz CT molecular complexity index is 728. The van der Waals surface area contributed by atoms with E-state index in [1.54, 1.807) is 0 Å². The van der Waals surface area contributed by atoms with Crippen LogP contribution in [0.5, 0.6) is 0 Å². The lowest BCUT2D eigenvalue weighted by Gasteiger charge is -2.05. The summed E-state index contributed by atoms with van der Waals surface area (Å²) in [5, 5.41) is 0. The quantitative estimate of drug-likeness (QED) is 0.611. The highest BCUT2D eigenvalue weighted by Crippen LogP contribution is 2.20. The number of benzene rings is 2. The molecule has 0 spiro atoms. The standard InChI is InChI=1S/C21H19N/c1-17(21-9-5-6-16-22-21)10-11-18-12-14-20(15-13-18)19-7-3-2-4-8-19/h2-17H,1H3/b11-10+/t17-/m1/s1. The smallest absolute Gasteiger partial charge is 0.0469 e. The van der Waals surface area contributed by atoms with E-state index in [0.717, 1.165) is 5.69 Å². The molecule has 0 saturated carbocycles. The molecule has 2 aromatic carbocycles. The van der Waals surface area contributed by atoms with Gasteiger partial charge in [0, 0.05) is 17.8 Å². The number of nitrogens with zero attached hydrogens (tertiary/aromatic N) is 1. The molecule has 1 heteroatoms. The summed E-state index contributed by atoms with van der Waals surface area (Å²) < 4.78 is 0. The van der Waals surface area contributed by atoms with Gasteiger partial charge in [-0.2, -0.15) is 0 Å². The van der Waals surface area contributed by atoms with Crippen molar-refractivity contribution in [2.75, 3.05) is 0 Å². The minimum Gasteiger partial charge on any atom is -0.261 e. The van der Waals surface area contributed by atoms with Crippen LogP contribution >= 0.6 is 0 Å². The van der Waals surface area contributed by atoms with E-state index in [9.17, 15) is 0 Å². The number of hydrogen-bond donors (Lipinski definition) is 0. The van der Waals surface area contributed by atoms with Gasteiger partial charge in [0.2, 0.25) is 0 Å². The van der Waals surface area contributed by atoms with Crippen molar-refractivity contribution in [3.63, 3.8) is 0 Å². The number of allylic oxidation sites excluding steroid dienone is 1. The minimum atomic E-state index is 0.315. The van der Waals surface area contributed by atoms with Crippen LogP contribution in [0.1, 0.15) is 24.1 Å². The minimum absolute atomic E-state index is 0.315. The van der Waals surface area contributed by atoms with Gasteiger partial charge in [0.25, 0.3) is 0 Å². The van der Waals surface area contributed by atoms with E-state index >= 15 is 0 Å². The van der Waals surface area contributed by atoms with Crippen molar-refractivity contribution in [1.29, 1.82) is 0 Å². The van der Waals surface area contributed by atoms with Gasteiger partial charge < -0.3 is 0 Å². The fourth-order valence-electron chi connectivity index (χ4n) is 2.42. The monoisotopic (exact) mass is 285 g/mol. The van der Waals surface area contributed by atoms with Gasteiger partial charge >= 0.3 is 0 Å². The van der Waals surface area contributed by atoms with Crippen LogP contribution < -0.4 is 0 Å². The van der Waals surface area contributed by atoms with Crippen LogP contribution in [0, 0.1) is 0 Å². The van der Waals surface area contributed by atoms with E-state index < -0.39 is 0 Å². The van der Waals surface area contributed by atoms with Crippen LogP contribution in [0.25, 0.3) is 17.2 Å². The summed E-state index contributed by atoms with van der Waals surface area (Å²) in [6, 6.07) is 25.1. The van der Waals surface area contributed by atoms with Crippen molar-refractivity contribution < 1.29 is 0 Å². The summed E-state index contributed by atoms with van der Waals surface area (Å²) in [7, 11) is 0. The highest BCUT2D eigenvalue weighted by Gasteiger charge is 2.01. The van der Waals surface area contributed by atoms with E-state index in [0.29, 0.717) is 5.92 Å². The largest absolute Gasteiger partial charge is 0.261 e. The van der Waals surface area contributed by atoms with Crippen LogP contribution in [0.15, 0.2) is 85.1 Å². The van der Waals surface area contributed by atoms with Gasteiger partial charge in [0.15, 0.2) is 0 Å². The van der Waals surface area contributed by atoms with Gasteiger partial charge in [0.05, 0.1) is 0 Å². The van der Waals surface area contributed by atoms with E-state index in [-0.39, 0.29) is 0 Å². The third-order valence-corrected chi connectivity index (χ3v) is 3.75. The van der Waals surface area contributed by atoms with Crippen LogP contribution in [0.3, 0.4) is 0 Å². The Morgan fingerprint density at radius 1 is 0.773 bits per heavy atom. The summed E-state index contributed by atoms with van der Waals surface area (Å²) in [4.78, 5) is 4.39. The Morgan fingerprint density at radius 2 is 1.45 bits per heavy atom. The predicted octanol–water partition coefficient (Wildman–Crippen LogP) is 5.57. The summed E-state index contributed by atoms with van der Waals surface area (Å²) in [5.74, 6) is 0.315. The van der Waals surface area contributed by atoms with Crippen molar-refractivity contribution in [3.8, 4) is 11.1 Å². The van der Waals surface area contributed by atoms with Crippen LogP contribution in [-0.4, -0.2) is 4.98 Å². The molecular formula is C21H19N. The Labute approximate surface area is 132 Å². The van der Waals surface area contributed by atoms with E-state index in [2.05, 4.69) is 78.7 Å². The first-order valence-electron chi connectivity index (χ1n) is 7.57. The molecule has 0 aliphatic carbocycles. The Morgan fingerprint density at radius 3 is 2.14 bits per heavy atom. The first-order valence-corrected chi connectivity index (χ1v) is 7.57. The summed E-state index contributed by atoms with van der Waals surface area (Å²) >= 11 is 0. The zero-order valence-electron chi connectivity index (χ0n) is 12.7. The van der Waals surface area contributed by atoms with Gasteiger partial charge in [-0.05, 0) is 28.8 Å². The van der Waals surface area contributed by atoms with E-state index in [1.165, 1.54) is 16.7 Å². The third-order valence-electron chi connectivity index (χ3n) is 3.75. The number of rotatable bonds is 4. The summed E-state index contributed by atoms with van der Waals surface area (Å²) in [5.41, 5.74) is 4.80. The first kappa shape index (κ1) is 14.3. The van der Waals surface area contributed by atoms with Crippen molar-refractivity contribution in [3.05, 3.63) is 96.3 Å². The van der Waals surface area contributed by atoms with E-state index in [4.69, 9.17) is 0 Å². The lowest BCUT2D eigenvalue weighted by atomic mass is 10.0. The molecule has 1 atom stereocenters. The molecule has 3 rings (SSSR count). The molecule has 0 radical (unpaired) electrons. The molecule has 0 saturated heterocycles. The summed E-state index contributed by atoms with van der Waals surface area (Å²) in [6.07, 6.45) is 6.20. The fraction of sp³-hybridized carbons (Fsp3) is 0.0952. The lowest BCUT2D eigenvalue weighted by Crippen LogP contribution is -1.91. The van der Waals surface area contributed by atoms with Crippen molar-refractivity contribution >= 4 is 6.08 Å². The highest BCUT2D eigenvalue weighted by molar-refractivity contribution is 5.65. The molecule has 0 bridgehead atoms. The molecular weight excluding hydrogens is 266 g/mol. The molecule has 22 heavy (non-hydrogen) atoms. The Kier molecular flexibility index (Phi) is 4.45. The second-order valence-corrected chi connectivity index (χ2v) is 5.39. The maximum Gasteiger partial charge on any atom is 0.0469 e. The normalized spacial score (nSPS) is 12.4. The SMILES string of the molecule is C[C@H](/C=C/c1ccc(-c2ccccc2)cc1)c1ccccn1. The van der Waals surface area contributed by atoms with Crippen LogP contribution in [0.2, 0.25) is 0 Å². The second-order valence-electron chi connectivity index (χ2n) is 5.39. The van der Waals surface area contributed by atoms with E-state index in [1.807, 2.05) is 24.4 Å². The Balaban J connectivity index is 1.72. The fourth-order valence-corrected chi connectivity index (χ4v) is 2.42. The highest BCUT2D eigenvalue weighted by atomic mass is 14.7. The molecule has 0 amide bonds. The first-order chi connectivity index (χ1) is 10.8. The van der Waals surface area contributed by atoms with Crippen LogP contribution in [0.4, 0.5) is 0 Å². The van der Waals surface area contributed by atoms with Crippen molar-refractivity contribution in [2.24, 2.45) is 0 Å². The maximum atomic E-state index is 4.39. The molecule has 1 nitrogen and oxygen atoms in total. The molecule has 1 aromatic heterocycles. The zero-order chi connectivity index (χ0) is 15.2. The molecule has 0 unspecified atom stereocenters. The zero-order valence-corrected chi connectivity index (χ0v) is 12.7. The van der Waals surface area contributed by atoms with Gasteiger partial charge in [-0.3, -0.25) is 4.98 Å². The van der Waals surface area contributed by atoms with Gasteiger partial charge in [-0.25, -0.2) is 0 Å². The molecule has 1 heterocycles. The van der Waals surface area contributed by atoms with Crippen molar-refractivity contribution in [1.82, 2.24) is 4.98 Å². The van der Waals surface area contributed by atoms with Crippen molar-refractivity contribution in [2.45, 2.75) is 12.8 Å². The number of pyridine rings is 1. The topological polar surface area (TPSA) is 12.9 Å². The molecule has 0 N–H and O–H groups in total. The number of hydrogen-bond acceptors (Lipinski definition) is 1. The number of aromatic nitrogens is 1. The van der Waals surface area contributed by atoms with Gasteiger partial charge in [0.1, 0.15) is 0 Å². The molecule has 0 aliphatic rings. The average molecular weight is 285 g/mol. The maximum absolute atomic E-state index is 4.39. The molecule has 0 fully saturated rings. The summed E-state index contributed by atoms with van der Waals surface area (Å²) in [6.45, 7) is 2.16. The van der Waals surface area contributed by atoms with Crippen LogP contribution in [-0.2, 0) is 0 Å². The van der Waals surface area contributed by atoms with Gasteiger partial charge in [-0.15, -0.1) is 0 Å². The lowest BCUT2D eigenvalue weighted by molar-refractivity contribution is 0.911. The average Bonchev–Trinajstić information content (AvgIpc) is 2.61. The molecule has 0 aliphatic heterocycles. The third kappa shape index (κ3) is 3.50. The Hall–Kier alpha value is -2.67. The molecule has 3 aromatic rings.